The van der Waals surface area contributed by atoms with Gasteiger partial charge in [-0.2, -0.15) is 13.2 Å². The molecule has 1 aromatic heterocycles. The average Bonchev–Trinajstić information content (AvgIpc) is 3.25. The highest BCUT2D eigenvalue weighted by atomic mass is 127. The van der Waals surface area contributed by atoms with Crippen LogP contribution in [0.5, 0.6) is 0 Å². The first-order chi connectivity index (χ1) is 12.5. The fourth-order valence-electron chi connectivity index (χ4n) is 3.22. The van der Waals surface area contributed by atoms with E-state index in [-0.39, 0.29) is 36.6 Å². The first-order valence-corrected chi connectivity index (χ1v) is 9.73. The van der Waals surface area contributed by atoms with E-state index in [0.717, 1.165) is 36.4 Å². The van der Waals surface area contributed by atoms with Gasteiger partial charge >= 0.3 is 6.18 Å². The van der Waals surface area contributed by atoms with Crippen molar-refractivity contribution in [3.05, 3.63) is 16.1 Å². The van der Waals surface area contributed by atoms with Gasteiger partial charge in [-0.25, -0.2) is 9.98 Å². The van der Waals surface area contributed by atoms with Crippen LogP contribution in [0.4, 0.5) is 13.2 Å². The Balaban J connectivity index is 0.00000261. The Kier molecular flexibility index (Phi) is 8.56. The Labute approximate surface area is 178 Å². The zero-order valence-electron chi connectivity index (χ0n) is 15.1. The molecule has 0 aromatic carbocycles. The van der Waals surface area contributed by atoms with Crippen molar-refractivity contribution in [1.82, 2.24) is 20.5 Å². The van der Waals surface area contributed by atoms with Crippen LogP contribution in [0.3, 0.4) is 0 Å². The van der Waals surface area contributed by atoms with Gasteiger partial charge in [0.15, 0.2) is 11.7 Å². The van der Waals surface area contributed by atoms with Crippen molar-refractivity contribution in [2.24, 2.45) is 4.99 Å². The molecule has 0 aliphatic carbocycles. The molecule has 2 saturated heterocycles. The first kappa shape index (κ1) is 22.6. The van der Waals surface area contributed by atoms with Gasteiger partial charge in [-0.15, -0.1) is 35.3 Å². The number of nitrogens with one attached hydrogen (secondary N) is 2. The second-order valence-electron chi connectivity index (χ2n) is 6.45. The van der Waals surface area contributed by atoms with Crippen molar-refractivity contribution in [1.29, 1.82) is 0 Å². The summed E-state index contributed by atoms with van der Waals surface area (Å²) in [6.07, 6.45) is -1.89. The molecular weight excluding hydrogens is 494 g/mol. The quantitative estimate of drug-likeness (QED) is 0.356. The van der Waals surface area contributed by atoms with E-state index in [1.54, 1.807) is 0 Å². The topological polar surface area (TPSA) is 61.8 Å². The summed E-state index contributed by atoms with van der Waals surface area (Å²) in [5, 5.41) is 7.68. The first-order valence-electron chi connectivity index (χ1n) is 8.85. The van der Waals surface area contributed by atoms with Crippen LogP contribution in [0, 0.1) is 0 Å². The lowest BCUT2D eigenvalue weighted by molar-refractivity contribution is -0.140. The van der Waals surface area contributed by atoms with Gasteiger partial charge in [0.05, 0.1) is 19.3 Å². The van der Waals surface area contributed by atoms with Gasteiger partial charge in [0.25, 0.3) is 0 Å². The summed E-state index contributed by atoms with van der Waals surface area (Å²) in [4.78, 5) is 10.4. The zero-order chi connectivity index (χ0) is 18.6. The van der Waals surface area contributed by atoms with E-state index in [2.05, 4.69) is 25.5 Å². The van der Waals surface area contributed by atoms with E-state index in [1.165, 1.54) is 12.8 Å². The van der Waals surface area contributed by atoms with E-state index in [0.29, 0.717) is 30.1 Å². The Morgan fingerprint density at radius 1 is 1.44 bits per heavy atom. The molecular formula is C16H25F3IN5OS. The van der Waals surface area contributed by atoms with Gasteiger partial charge < -0.3 is 15.4 Å². The third-order valence-electron chi connectivity index (χ3n) is 4.52. The molecule has 2 unspecified atom stereocenters. The fourth-order valence-corrected chi connectivity index (χ4v) is 3.95. The number of guanidine groups is 1. The van der Waals surface area contributed by atoms with Crippen LogP contribution in [0.15, 0.2) is 10.4 Å². The monoisotopic (exact) mass is 519 g/mol. The van der Waals surface area contributed by atoms with Crippen molar-refractivity contribution in [2.75, 3.05) is 32.8 Å². The van der Waals surface area contributed by atoms with Crippen LogP contribution in [-0.2, 0) is 17.5 Å². The lowest BCUT2D eigenvalue weighted by Gasteiger charge is -2.35. The third kappa shape index (κ3) is 6.43. The Morgan fingerprint density at radius 2 is 2.26 bits per heavy atom. The minimum atomic E-state index is -4.41. The number of nitrogens with zero attached hydrogens (tertiary/aromatic N) is 3. The van der Waals surface area contributed by atoms with Crippen LogP contribution in [-0.4, -0.2) is 60.8 Å². The van der Waals surface area contributed by atoms with Crippen LogP contribution >= 0.6 is 35.3 Å². The molecule has 2 aliphatic rings. The number of alkyl halides is 3. The lowest BCUT2D eigenvalue weighted by Crippen LogP contribution is -2.51. The minimum Gasteiger partial charge on any atom is -0.373 e. The molecule has 0 saturated carbocycles. The Morgan fingerprint density at radius 3 is 2.96 bits per heavy atom. The summed E-state index contributed by atoms with van der Waals surface area (Å²) < 4.78 is 43.7. The van der Waals surface area contributed by atoms with E-state index < -0.39 is 11.9 Å². The molecule has 0 spiro atoms. The van der Waals surface area contributed by atoms with Crippen molar-refractivity contribution >= 4 is 41.3 Å². The summed E-state index contributed by atoms with van der Waals surface area (Å²) >= 11 is 0.968. The number of rotatable bonds is 5. The highest BCUT2D eigenvalue weighted by Crippen LogP contribution is 2.30. The van der Waals surface area contributed by atoms with Crippen LogP contribution in [0.2, 0.25) is 0 Å². The SMILES string of the molecule is CCNC(=NCc1nc(C(F)(F)F)cs1)NCC1CN2CCCC2CO1.I. The molecule has 2 aliphatic heterocycles. The van der Waals surface area contributed by atoms with Crippen LogP contribution < -0.4 is 10.6 Å². The number of halogens is 4. The molecule has 3 rings (SSSR count). The number of hydrogen-bond acceptors (Lipinski definition) is 5. The van der Waals surface area contributed by atoms with E-state index in [4.69, 9.17) is 4.74 Å². The highest BCUT2D eigenvalue weighted by Gasteiger charge is 2.34. The predicted molar refractivity (Wildman–Crippen MR) is 110 cm³/mol. The molecule has 0 radical (unpaired) electrons. The van der Waals surface area contributed by atoms with Gasteiger partial charge in [-0.05, 0) is 26.3 Å². The van der Waals surface area contributed by atoms with E-state index in [1.807, 2.05) is 6.92 Å². The second-order valence-corrected chi connectivity index (χ2v) is 7.39. The Bertz CT molecular complexity index is 627. The maximum Gasteiger partial charge on any atom is 0.434 e. The highest BCUT2D eigenvalue weighted by molar-refractivity contribution is 14.0. The van der Waals surface area contributed by atoms with Gasteiger partial charge in [-0.3, -0.25) is 4.90 Å². The summed E-state index contributed by atoms with van der Waals surface area (Å²) in [6.45, 7) is 6.12. The number of ether oxygens (including phenoxy) is 1. The number of morpholine rings is 1. The summed E-state index contributed by atoms with van der Waals surface area (Å²) in [6, 6.07) is 0.556. The van der Waals surface area contributed by atoms with Crippen molar-refractivity contribution in [3.8, 4) is 0 Å². The molecule has 3 heterocycles. The number of aliphatic imine (C=N–C) groups is 1. The maximum atomic E-state index is 12.6. The van der Waals surface area contributed by atoms with Gasteiger partial charge in [-0.1, -0.05) is 0 Å². The van der Waals surface area contributed by atoms with Crippen molar-refractivity contribution < 1.29 is 17.9 Å². The number of hydrogen-bond donors (Lipinski definition) is 2. The molecule has 11 heteroatoms. The molecule has 2 N–H and O–H groups in total. The molecule has 0 bridgehead atoms. The zero-order valence-corrected chi connectivity index (χ0v) is 18.2. The molecule has 1 aromatic rings. The largest absolute Gasteiger partial charge is 0.434 e. The third-order valence-corrected chi connectivity index (χ3v) is 5.35. The van der Waals surface area contributed by atoms with Gasteiger partial charge in [0, 0.05) is 31.1 Å². The molecule has 27 heavy (non-hydrogen) atoms. The van der Waals surface area contributed by atoms with E-state index >= 15 is 0 Å². The normalized spacial score (nSPS) is 23.6. The van der Waals surface area contributed by atoms with Crippen molar-refractivity contribution in [2.45, 2.75) is 44.6 Å². The maximum absolute atomic E-state index is 12.6. The second kappa shape index (κ2) is 10.2. The summed E-state index contributed by atoms with van der Waals surface area (Å²) in [7, 11) is 0. The molecule has 154 valence electrons. The summed E-state index contributed by atoms with van der Waals surface area (Å²) in [5.41, 5.74) is -0.860. The number of thiazole rings is 1. The summed E-state index contributed by atoms with van der Waals surface area (Å²) in [5.74, 6) is 0.559. The van der Waals surface area contributed by atoms with Gasteiger partial charge in [0.2, 0.25) is 0 Å². The molecule has 2 atom stereocenters. The minimum absolute atomic E-state index is 0. The average molecular weight is 519 g/mol. The fraction of sp³-hybridized carbons (Fsp3) is 0.750. The molecule has 6 nitrogen and oxygen atoms in total. The predicted octanol–water partition coefficient (Wildman–Crippen LogP) is 2.70. The lowest BCUT2D eigenvalue weighted by atomic mass is 10.2. The van der Waals surface area contributed by atoms with E-state index in [9.17, 15) is 13.2 Å². The standard InChI is InChI=1S/C16H24F3N5OS.HI/c1-2-20-15(22-7-14-23-13(10-26-14)16(17,18)19)21-6-12-8-24-5-3-4-11(24)9-25-12;/h10-12H,2-9H2,1H3,(H2,20,21,22);1H. The molecule has 0 amide bonds. The smallest absolute Gasteiger partial charge is 0.373 e. The van der Waals surface area contributed by atoms with Crippen molar-refractivity contribution in [3.63, 3.8) is 0 Å². The van der Waals surface area contributed by atoms with Crippen LogP contribution in [0.25, 0.3) is 0 Å². The molecule has 2 fully saturated rings. The number of aromatic nitrogens is 1. The Hall–Kier alpha value is -0.660. The number of fused-ring (bicyclic) bond motifs is 1. The van der Waals surface area contributed by atoms with Crippen LogP contribution in [0.1, 0.15) is 30.5 Å². The van der Waals surface area contributed by atoms with Gasteiger partial charge in [0.1, 0.15) is 5.01 Å².